The van der Waals surface area contributed by atoms with Crippen molar-refractivity contribution in [1.29, 1.82) is 0 Å². The maximum atomic E-state index is 5.19. The van der Waals surface area contributed by atoms with Gasteiger partial charge < -0.3 is 9.13 Å². The van der Waals surface area contributed by atoms with Crippen LogP contribution in [0, 0.1) is 0 Å². The van der Waals surface area contributed by atoms with Gasteiger partial charge in [-0.3, -0.25) is 0 Å². The summed E-state index contributed by atoms with van der Waals surface area (Å²) in [5.74, 6) is 1.43. The Bertz CT molecular complexity index is 5700. The van der Waals surface area contributed by atoms with Crippen molar-refractivity contribution in [1.82, 2.24) is 29.1 Å². The monoisotopic (exact) mass is 1200 g/mol. The summed E-state index contributed by atoms with van der Waals surface area (Å²) in [5.41, 5.74) is 21.5. The third-order valence-electron chi connectivity index (χ3n) is 18.1. The Morgan fingerprint density at radius 1 is 0.181 bits per heavy atom. The Labute approximate surface area is 544 Å². The lowest BCUT2D eigenvalue weighted by Crippen LogP contribution is -1.97. The highest BCUT2D eigenvalue weighted by Gasteiger charge is 2.18. The molecule has 0 saturated heterocycles. The molecule has 4 aromatic heterocycles. The summed E-state index contributed by atoms with van der Waals surface area (Å²) < 4.78 is 4.68. The van der Waals surface area contributed by atoms with Crippen LogP contribution in [-0.2, 0) is 0 Å². The molecule has 94 heavy (non-hydrogen) atoms. The largest absolute Gasteiger partial charge is 0.309 e. The number of para-hydroxylation sites is 4. The predicted octanol–water partition coefficient (Wildman–Crippen LogP) is 22.8. The van der Waals surface area contributed by atoms with Crippen LogP contribution < -0.4 is 0 Å². The van der Waals surface area contributed by atoms with Gasteiger partial charge in [0.15, 0.2) is 11.6 Å². The summed E-state index contributed by atoms with van der Waals surface area (Å²) in [5, 5.41) is 9.70. The molecule has 4 heterocycles. The average Bonchev–Trinajstić information content (AvgIpc) is 1.58. The second-order valence-electron chi connectivity index (χ2n) is 23.7. The van der Waals surface area contributed by atoms with Crippen molar-refractivity contribution in [2.45, 2.75) is 0 Å². The van der Waals surface area contributed by atoms with Crippen molar-refractivity contribution in [3.63, 3.8) is 0 Å². The van der Waals surface area contributed by atoms with E-state index in [0.717, 1.165) is 72.9 Å². The molecule has 0 fully saturated rings. The van der Waals surface area contributed by atoms with Crippen LogP contribution in [0.5, 0.6) is 0 Å². The smallest absolute Gasteiger partial charge is 0.161 e. The molecule has 14 aromatic carbocycles. The number of nitrogens with zero attached hydrogens (tertiary/aromatic N) is 6. The summed E-state index contributed by atoms with van der Waals surface area (Å²) in [4.78, 5) is 20.6. The predicted molar refractivity (Wildman–Crippen MR) is 391 cm³/mol. The lowest BCUT2D eigenvalue weighted by molar-refractivity contribution is 1.17. The van der Waals surface area contributed by atoms with Gasteiger partial charge in [0.05, 0.1) is 44.8 Å². The van der Waals surface area contributed by atoms with E-state index in [0.29, 0.717) is 11.6 Å². The summed E-state index contributed by atoms with van der Waals surface area (Å²) in [6, 6.07) is 124. The van der Waals surface area contributed by atoms with Gasteiger partial charge in [0, 0.05) is 66.3 Å². The molecule has 0 aliphatic heterocycles. The summed E-state index contributed by atoms with van der Waals surface area (Å²) in [6.45, 7) is 0. The molecule has 0 aliphatic rings. The molecule has 0 amide bonds. The summed E-state index contributed by atoms with van der Waals surface area (Å²) in [7, 11) is 0. The van der Waals surface area contributed by atoms with Gasteiger partial charge in [-0.1, -0.05) is 285 Å². The number of fused-ring (bicyclic) bond motifs is 8. The molecular formula is C88H58N6. The van der Waals surface area contributed by atoms with Gasteiger partial charge in [-0.2, -0.15) is 0 Å². The Hall–Kier alpha value is -12.6. The van der Waals surface area contributed by atoms with E-state index in [1.807, 2.05) is 12.1 Å². The molecule has 6 heteroatoms. The lowest BCUT2D eigenvalue weighted by atomic mass is 10.0. The maximum absolute atomic E-state index is 5.19. The average molecular weight is 1200 g/mol. The minimum atomic E-state index is 0.710. The first-order valence-corrected chi connectivity index (χ1v) is 31.8. The van der Waals surface area contributed by atoms with Crippen molar-refractivity contribution >= 4 is 65.2 Å². The van der Waals surface area contributed by atoms with Crippen LogP contribution in [-0.4, -0.2) is 29.1 Å². The molecule has 0 N–H and O–H groups in total. The fourth-order valence-corrected chi connectivity index (χ4v) is 13.4. The van der Waals surface area contributed by atoms with Crippen LogP contribution in [0.15, 0.2) is 352 Å². The first-order chi connectivity index (χ1) is 46.6. The zero-order valence-corrected chi connectivity index (χ0v) is 51.2. The zero-order valence-electron chi connectivity index (χ0n) is 51.2. The van der Waals surface area contributed by atoms with E-state index >= 15 is 0 Å². The molecule has 0 bridgehead atoms. The topological polar surface area (TPSA) is 61.4 Å². The van der Waals surface area contributed by atoms with Crippen molar-refractivity contribution < 1.29 is 0 Å². The Balaban J connectivity index is 0.000000143. The quantitative estimate of drug-likeness (QED) is 0.137. The zero-order chi connectivity index (χ0) is 62.3. The normalized spacial score (nSPS) is 11.4. The second kappa shape index (κ2) is 24.0. The van der Waals surface area contributed by atoms with Gasteiger partial charge in [-0.25, -0.2) is 19.9 Å². The Morgan fingerprint density at radius 3 is 0.926 bits per heavy atom. The van der Waals surface area contributed by atoms with Crippen LogP contribution in [0.1, 0.15) is 0 Å². The van der Waals surface area contributed by atoms with Crippen LogP contribution in [0.4, 0.5) is 0 Å². The van der Waals surface area contributed by atoms with E-state index < -0.39 is 0 Å². The third kappa shape index (κ3) is 10.4. The number of rotatable bonds is 10. The minimum Gasteiger partial charge on any atom is -0.309 e. The van der Waals surface area contributed by atoms with Gasteiger partial charge >= 0.3 is 0 Å². The van der Waals surface area contributed by atoms with E-state index in [-0.39, 0.29) is 0 Å². The maximum Gasteiger partial charge on any atom is 0.161 e. The highest BCUT2D eigenvalue weighted by molar-refractivity contribution is 6.10. The number of hydrogen-bond acceptors (Lipinski definition) is 4. The molecule has 0 saturated carbocycles. The van der Waals surface area contributed by atoms with E-state index in [1.165, 1.54) is 82.0 Å². The van der Waals surface area contributed by atoms with E-state index in [4.69, 9.17) is 19.9 Å². The lowest BCUT2D eigenvalue weighted by Gasteiger charge is -2.13. The van der Waals surface area contributed by atoms with Gasteiger partial charge in [-0.05, 0) is 111 Å². The SMILES string of the molecule is c1ccc(-c2ccc(-c3cc(-c4ccc(-n5c6ccccc6c6ccccc65)cc4)nc(-c4ccc5ccccc5c4)n3)cc2)cc1.c1ccc(-c2ccc(-c3cc(-c4ccc(-n5c6ccccc6c6ccccc65)cc4)nc(-c4cccc5ccccc45)n3)cc2)cc1. The van der Waals surface area contributed by atoms with E-state index in [2.05, 4.69) is 349 Å². The molecule has 0 spiro atoms. The number of benzene rings is 14. The highest BCUT2D eigenvalue weighted by atomic mass is 15.0. The molecule has 440 valence electrons. The molecule has 18 rings (SSSR count). The van der Waals surface area contributed by atoms with Crippen LogP contribution in [0.3, 0.4) is 0 Å². The second-order valence-corrected chi connectivity index (χ2v) is 23.7. The van der Waals surface area contributed by atoms with Gasteiger partial charge in [0.1, 0.15) is 0 Å². The third-order valence-corrected chi connectivity index (χ3v) is 18.1. The van der Waals surface area contributed by atoms with Gasteiger partial charge in [0.25, 0.3) is 0 Å². The molecular weight excluding hydrogens is 1140 g/mol. The van der Waals surface area contributed by atoms with Crippen LogP contribution in [0.25, 0.3) is 167 Å². The first-order valence-electron chi connectivity index (χ1n) is 31.8. The van der Waals surface area contributed by atoms with Crippen LogP contribution >= 0.6 is 0 Å². The number of aromatic nitrogens is 6. The molecule has 18 aromatic rings. The van der Waals surface area contributed by atoms with Gasteiger partial charge in [0.2, 0.25) is 0 Å². The summed E-state index contributed by atoms with van der Waals surface area (Å²) >= 11 is 0. The van der Waals surface area contributed by atoms with Gasteiger partial charge in [-0.15, -0.1) is 0 Å². The van der Waals surface area contributed by atoms with E-state index in [9.17, 15) is 0 Å². The van der Waals surface area contributed by atoms with Crippen molar-refractivity contribution in [3.05, 3.63) is 352 Å². The van der Waals surface area contributed by atoms with Crippen LogP contribution in [0.2, 0.25) is 0 Å². The fourth-order valence-electron chi connectivity index (χ4n) is 13.4. The summed E-state index contributed by atoms with van der Waals surface area (Å²) in [6.07, 6.45) is 0. The Morgan fingerprint density at radius 2 is 0.489 bits per heavy atom. The molecule has 0 atom stereocenters. The first kappa shape index (κ1) is 55.4. The molecule has 0 aliphatic carbocycles. The van der Waals surface area contributed by atoms with Crippen molar-refractivity contribution in [2.75, 3.05) is 0 Å². The standard InChI is InChI=1S/2C44H29N3/c1-2-11-30(12-3-1)31-21-23-33(24-22-31)40-29-41(46-44(45-40)39-18-10-14-32-13-4-5-15-36(32)39)34-25-27-35(28-26-34)47-42-19-8-6-16-37(42)38-17-7-9-20-43(38)47;1-2-10-30(11-3-1)32-18-21-33(22-19-32)40-29-41(46-44(45-40)36-23-20-31-12-4-5-13-35(31)28-36)34-24-26-37(27-25-34)47-42-16-8-6-14-38(42)39-15-7-9-17-43(39)47/h2*1-29H. The van der Waals surface area contributed by atoms with Crippen molar-refractivity contribution in [3.8, 4) is 101 Å². The molecule has 6 nitrogen and oxygen atoms in total. The van der Waals surface area contributed by atoms with E-state index in [1.54, 1.807) is 0 Å². The molecule has 0 radical (unpaired) electrons. The molecule has 0 unspecified atom stereocenters. The Kier molecular flexibility index (Phi) is 14.1. The minimum absolute atomic E-state index is 0.710. The highest BCUT2D eigenvalue weighted by Crippen LogP contribution is 2.38. The van der Waals surface area contributed by atoms with Crippen molar-refractivity contribution in [2.24, 2.45) is 0 Å². The fraction of sp³-hybridized carbons (Fsp3) is 0. The number of hydrogen-bond donors (Lipinski definition) is 0.